The minimum atomic E-state index is -0.288. The van der Waals surface area contributed by atoms with Gasteiger partial charge < -0.3 is 4.74 Å². The highest BCUT2D eigenvalue weighted by Gasteiger charge is 2.12. The zero-order valence-corrected chi connectivity index (χ0v) is 13.3. The van der Waals surface area contributed by atoms with E-state index in [0.29, 0.717) is 34.4 Å². The molecule has 2 aromatic rings. The summed E-state index contributed by atoms with van der Waals surface area (Å²) in [6.07, 6.45) is 0. The first-order valence-electron chi connectivity index (χ1n) is 5.50. The lowest BCUT2D eigenvalue weighted by Gasteiger charge is -2.08. The van der Waals surface area contributed by atoms with Crippen molar-refractivity contribution in [3.63, 3.8) is 0 Å². The number of hydrogen-bond donors (Lipinski definition) is 0. The van der Waals surface area contributed by atoms with Gasteiger partial charge in [-0.2, -0.15) is 0 Å². The van der Waals surface area contributed by atoms with Crippen molar-refractivity contribution in [3.8, 4) is 11.4 Å². The molecule has 3 nitrogen and oxygen atoms in total. The van der Waals surface area contributed by atoms with Gasteiger partial charge in [0.25, 0.3) is 0 Å². The van der Waals surface area contributed by atoms with Gasteiger partial charge in [0.2, 0.25) is 0 Å². The second-order valence-corrected chi connectivity index (χ2v) is 5.43. The molecule has 1 heterocycles. The Morgan fingerprint density at radius 1 is 1.37 bits per heavy atom. The summed E-state index contributed by atoms with van der Waals surface area (Å²) in [4.78, 5) is 8.55. The third-order valence-corrected chi connectivity index (χ3v) is 4.32. The van der Waals surface area contributed by atoms with Crippen LogP contribution in [-0.4, -0.2) is 17.1 Å². The number of aromatic nitrogens is 2. The largest absolute Gasteiger partial charge is 0.378 e. The van der Waals surface area contributed by atoms with E-state index in [-0.39, 0.29) is 5.82 Å². The number of halogens is 3. The topological polar surface area (TPSA) is 35.0 Å². The van der Waals surface area contributed by atoms with Crippen LogP contribution in [0.5, 0.6) is 0 Å². The molecular weight excluding hydrogens is 382 g/mol. The van der Waals surface area contributed by atoms with Crippen LogP contribution in [0.2, 0.25) is 5.15 Å². The van der Waals surface area contributed by atoms with Gasteiger partial charge in [-0.3, -0.25) is 0 Å². The fourth-order valence-electron chi connectivity index (χ4n) is 1.56. The molecule has 2 rings (SSSR count). The fraction of sp³-hybridized carbons (Fsp3) is 0.231. The first-order chi connectivity index (χ1) is 9.02. The van der Waals surface area contributed by atoms with Crippen LogP contribution in [0, 0.1) is 16.3 Å². The van der Waals surface area contributed by atoms with Crippen LogP contribution in [0.15, 0.2) is 18.2 Å². The zero-order valence-electron chi connectivity index (χ0n) is 10.4. The molecule has 0 aliphatic heterocycles. The number of ether oxygens (including phenoxy) is 1. The lowest BCUT2D eigenvalue weighted by Crippen LogP contribution is -2.02. The molecule has 0 radical (unpaired) electrons. The first kappa shape index (κ1) is 14.6. The second-order valence-electron chi connectivity index (χ2n) is 4.00. The van der Waals surface area contributed by atoms with E-state index >= 15 is 0 Å². The lowest BCUT2D eigenvalue weighted by atomic mass is 10.1. The van der Waals surface area contributed by atoms with Crippen molar-refractivity contribution >= 4 is 34.2 Å². The number of rotatable bonds is 3. The number of benzene rings is 1. The highest BCUT2D eigenvalue weighted by Crippen LogP contribution is 2.25. The Morgan fingerprint density at radius 3 is 2.74 bits per heavy atom. The number of nitrogens with zero attached hydrogens (tertiary/aromatic N) is 2. The van der Waals surface area contributed by atoms with Crippen LogP contribution in [0.4, 0.5) is 4.39 Å². The Labute approximate surface area is 129 Å². The van der Waals surface area contributed by atoms with Crippen molar-refractivity contribution in [2.45, 2.75) is 13.5 Å². The SMILES string of the molecule is COCc1nc(-c2ccc(C)c(F)c2)nc(Cl)c1I. The van der Waals surface area contributed by atoms with Gasteiger partial charge in [-0.05, 0) is 41.1 Å². The van der Waals surface area contributed by atoms with Crippen LogP contribution in [-0.2, 0) is 11.3 Å². The summed E-state index contributed by atoms with van der Waals surface area (Å²) in [5.74, 6) is 0.112. The maximum atomic E-state index is 13.6. The van der Waals surface area contributed by atoms with E-state index in [4.69, 9.17) is 16.3 Å². The summed E-state index contributed by atoms with van der Waals surface area (Å²) in [5, 5.41) is 0.346. The van der Waals surface area contributed by atoms with Gasteiger partial charge in [-0.1, -0.05) is 23.7 Å². The van der Waals surface area contributed by atoms with Crippen molar-refractivity contribution in [1.29, 1.82) is 0 Å². The smallest absolute Gasteiger partial charge is 0.161 e. The third-order valence-electron chi connectivity index (χ3n) is 2.59. The minimum absolute atomic E-state index is 0.288. The highest BCUT2D eigenvalue weighted by molar-refractivity contribution is 14.1. The molecule has 6 heteroatoms. The van der Waals surface area contributed by atoms with E-state index in [0.717, 1.165) is 3.57 Å². The number of methoxy groups -OCH3 is 1. The standard InChI is InChI=1S/C13H11ClFIN2O/c1-7-3-4-8(5-9(7)15)13-17-10(6-19-2)11(16)12(14)18-13/h3-5H,6H2,1-2H3. The molecule has 0 bridgehead atoms. The minimum Gasteiger partial charge on any atom is -0.378 e. The Hall–Kier alpha value is -0.790. The van der Waals surface area contributed by atoms with E-state index in [9.17, 15) is 4.39 Å². The number of hydrogen-bond acceptors (Lipinski definition) is 3. The summed E-state index contributed by atoms with van der Waals surface area (Å²) < 4.78 is 19.4. The molecule has 0 fully saturated rings. The van der Waals surface area contributed by atoms with Crippen molar-refractivity contribution in [2.24, 2.45) is 0 Å². The van der Waals surface area contributed by atoms with Gasteiger partial charge >= 0.3 is 0 Å². The van der Waals surface area contributed by atoms with Crippen LogP contribution >= 0.6 is 34.2 Å². The Balaban J connectivity index is 2.52. The molecule has 0 N–H and O–H groups in total. The number of aryl methyl sites for hydroxylation is 1. The normalized spacial score (nSPS) is 10.8. The molecule has 0 aliphatic rings. The molecule has 0 aliphatic carbocycles. The van der Waals surface area contributed by atoms with Gasteiger partial charge in [0, 0.05) is 12.7 Å². The highest BCUT2D eigenvalue weighted by atomic mass is 127. The van der Waals surface area contributed by atoms with Crippen LogP contribution in [0.3, 0.4) is 0 Å². The Morgan fingerprint density at radius 2 is 2.11 bits per heavy atom. The van der Waals surface area contributed by atoms with E-state index in [2.05, 4.69) is 32.6 Å². The first-order valence-corrected chi connectivity index (χ1v) is 6.96. The molecule has 0 saturated heterocycles. The molecule has 0 spiro atoms. The summed E-state index contributed by atoms with van der Waals surface area (Å²) in [6, 6.07) is 4.87. The van der Waals surface area contributed by atoms with Crippen molar-refractivity contribution < 1.29 is 9.13 Å². The third kappa shape index (κ3) is 3.21. The van der Waals surface area contributed by atoms with Crippen LogP contribution in [0.25, 0.3) is 11.4 Å². The van der Waals surface area contributed by atoms with E-state index in [1.165, 1.54) is 6.07 Å². The Kier molecular flexibility index (Phi) is 4.70. The van der Waals surface area contributed by atoms with Crippen molar-refractivity contribution in [1.82, 2.24) is 9.97 Å². The lowest BCUT2D eigenvalue weighted by molar-refractivity contribution is 0.181. The molecular formula is C13H11ClFIN2O. The molecule has 1 aromatic heterocycles. The summed E-state index contributed by atoms with van der Waals surface area (Å²) >= 11 is 8.13. The second kappa shape index (κ2) is 6.11. The van der Waals surface area contributed by atoms with E-state index in [1.54, 1.807) is 26.2 Å². The van der Waals surface area contributed by atoms with Gasteiger partial charge in [0.1, 0.15) is 11.0 Å². The average Bonchev–Trinajstić information content (AvgIpc) is 2.38. The van der Waals surface area contributed by atoms with Gasteiger partial charge in [-0.15, -0.1) is 0 Å². The summed E-state index contributed by atoms with van der Waals surface area (Å²) in [5.41, 5.74) is 1.87. The van der Waals surface area contributed by atoms with E-state index in [1.807, 2.05) is 0 Å². The molecule has 100 valence electrons. The van der Waals surface area contributed by atoms with Gasteiger partial charge in [-0.25, -0.2) is 14.4 Å². The zero-order chi connectivity index (χ0) is 14.0. The van der Waals surface area contributed by atoms with Crippen LogP contribution in [0.1, 0.15) is 11.3 Å². The molecule has 1 aromatic carbocycles. The summed E-state index contributed by atoms with van der Waals surface area (Å²) in [6.45, 7) is 2.04. The van der Waals surface area contributed by atoms with Gasteiger partial charge in [0.15, 0.2) is 5.82 Å². The predicted octanol–water partition coefficient (Wildman–Crippen LogP) is 4.00. The van der Waals surface area contributed by atoms with Crippen LogP contribution < -0.4 is 0 Å². The molecule has 0 amide bonds. The molecule has 0 atom stereocenters. The molecule has 0 saturated carbocycles. The monoisotopic (exact) mass is 392 g/mol. The summed E-state index contributed by atoms with van der Waals surface area (Å²) in [7, 11) is 1.58. The van der Waals surface area contributed by atoms with Gasteiger partial charge in [0.05, 0.1) is 15.9 Å². The van der Waals surface area contributed by atoms with E-state index < -0.39 is 0 Å². The average molecular weight is 393 g/mol. The molecule has 0 unspecified atom stereocenters. The maximum absolute atomic E-state index is 13.6. The molecule has 19 heavy (non-hydrogen) atoms. The van der Waals surface area contributed by atoms with Crippen molar-refractivity contribution in [3.05, 3.63) is 44.0 Å². The maximum Gasteiger partial charge on any atom is 0.161 e. The fourth-order valence-corrected chi connectivity index (χ4v) is 2.14. The predicted molar refractivity (Wildman–Crippen MR) is 80.6 cm³/mol. The van der Waals surface area contributed by atoms with Crippen molar-refractivity contribution in [2.75, 3.05) is 7.11 Å². The Bertz CT molecular complexity index is 622. The quantitative estimate of drug-likeness (QED) is 0.585.